The largest absolute Gasteiger partial charge is 0.462 e. The van der Waals surface area contributed by atoms with Crippen molar-refractivity contribution in [1.82, 2.24) is 0 Å². The van der Waals surface area contributed by atoms with E-state index in [9.17, 15) is 14.4 Å². The Bertz CT molecular complexity index is 1550. The Hall–Kier alpha value is -3.41. The molecule has 0 amide bonds. The van der Waals surface area contributed by atoms with Crippen molar-refractivity contribution >= 4 is 17.9 Å². The normalized spacial score (nSPS) is 12.6. The topological polar surface area (TPSA) is 78.9 Å². The molecule has 82 heavy (non-hydrogen) atoms. The van der Waals surface area contributed by atoms with Crippen LogP contribution in [0.1, 0.15) is 361 Å². The van der Waals surface area contributed by atoms with Gasteiger partial charge in [-0.15, -0.1) is 0 Å². The number of hydrogen-bond donors (Lipinski definition) is 0. The molecular weight excluding hydrogens is 1010 g/mol. The van der Waals surface area contributed by atoms with E-state index in [-0.39, 0.29) is 31.1 Å². The van der Waals surface area contributed by atoms with Crippen LogP contribution in [-0.2, 0) is 28.6 Å². The van der Waals surface area contributed by atoms with E-state index in [0.29, 0.717) is 19.3 Å². The van der Waals surface area contributed by atoms with E-state index in [4.69, 9.17) is 14.2 Å². The van der Waals surface area contributed by atoms with Crippen LogP contribution < -0.4 is 0 Å². The highest BCUT2D eigenvalue weighted by molar-refractivity contribution is 5.71. The molecule has 0 aromatic heterocycles. The molecule has 0 spiro atoms. The molecule has 0 saturated heterocycles. The molecule has 0 N–H and O–H groups in total. The van der Waals surface area contributed by atoms with Crippen molar-refractivity contribution < 1.29 is 28.6 Å². The summed E-state index contributed by atoms with van der Waals surface area (Å²) in [5, 5.41) is 0. The summed E-state index contributed by atoms with van der Waals surface area (Å²) in [5.74, 6) is -0.894. The van der Waals surface area contributed by atoms with Crippen LogP contribution in [0.5, 0.6) is 0 Å². The van der Waals surface area contributed by atoms with E-state index in [1.807, 2.05) is 0 Å². The van der Waals surface area contributed by atoms with Gasteiger partial charge in [0, 0.05) is 19.3 Å². The lowest BCUT2D eigenvalue weighted by Gasteiger charge is -2.18. The van der Waals surface area contributed by atoms with Crippen LogP contribution in [-0.4, -0.2) is 37.2 Å². The van der Waals surface area contributed by atoms with Gasteiger partial charge in [0.25, 0.3) is 0 Å². The highest BCUT2D eigenvalue weighted by atomic mass is 16.6. The van der Waals surface area contributed by atoms with E-state index >= 15 is 0 Å². The minimum absolute atomic E-state index is 0.0847. The Balaban J connectivity index is 4.34. The van der Waals surface area contributed by atoms with Crippen molar-refractivity contribution in [3.05, 3.63) is 85.1 Å². The molecule has 1 atom stereocenters. The number of carbonyl (C=O) groups is 3. The predicted molar refractivity (Wildman–Crippen MR) is 358 cm³/mol. The fourth-order valence-corrected chi connectivity index (χ4v) is 10.2. The predicted octanol–water partition coefficient (Wildman–Crippen LogP) is 24.6. The molecule has 0 saturated carbocycles. The third-order valence-electron chi connectivity index (χ3n) is 15.6. The fourth-order valence-electron chi connectivity index (χ4n) is 10.2. The van der Waals surface area contributed by atoms with Crippen LogP contribution in [0, 0.1) is 0 Å². The van der Waals surface area contributed by atoms with Crippen LogP contribution in [0.4, 0.5) is 0 Å². The standard InChI is InChI=1S/C76H134O6/c1-4-7-10-13-16-19-22-25-28-31-33-35-36-37-38-39-40-42-43-45-48-51-54-57-60-63-66-69-75(78)81-72-73(71-80-74(77)68-65-62-59-56-53-50-47-30-27-24-21-18-15-12-9-6-3)82-76(79)70-67-64-61-58-55-52-49-46-44-41-34-32-29-26-23-20-17-14-11-8-5-2/h21-26,30-34,44,46-47,73H,4-20,27-29,35-43,45,48-72H2,1-3H3/b24-21-,25-22-,26-23-,33-31-,34-32-,46-44-,47-30-. The zero-order valence-corrected chi connectivity index (χ0v) is 54.5. The van der Waals surface area contributed by atoms with Gasteiger partial charge in [0.05, 0.1) is 0 Å². The molecule has 0 aromatic carbocycles. The van der Waals surface area contributed by atoms with Crippen molar-refractivity contribution in [1.29, 1.82) is 0 Å². The van der Waals surface area contributed by atoms with Gasteiger partial charge in [-0.2, -0.15) is 0 Å². The smallest absolute Gasteiger partial charge is 0.306 e. The van der Waals surface area contributed by atoms with E-state index in [1.165, 1.54) is 212 Å². The summed E-state index contributed by atoms with van der Waals surface area (Å²) in [6.45, 7) is 6.62. The van der Waals surface area contributed by atoms with Crippen LogP contribution >= 0.6 is 0 Å². The summed E-state index contributed by atoms with van der Waals surface area (Å²) in [6, 6.07) is 0. The SMILES string of the molecule is CCCCCC/C=C\C/C=C\CCCCCCCC(=O)OCC(COC(=O)CCCCCCCCCCCCCCCCC/C=C\C/C=C\CCCCCCC)OC(=O)CCCCCCCC/C=C\C/C=C\C/C=C\CCCCCCC. The quantitative estimate of drug-likeness (QED) is 0.0261. The molecule has 0 aliphatic rings. The van der Waals surface area contributed by atoms with Gasteiger partial charge in [-0.1, -0.05) is 305 Å². The summed E-state index contributed by atoms with van der Waals surface area (Å²) in [6.07, 6.45) is 93.2. The van der Waals surface area contributed by atoms with E-state index in [2.05, 4.69) is 106 Å². The molecular formula is C76H134O6. The van der Waals surface area contributed by atoms with Gasteiger partial charge in [0.1, 0.15) is 13.2 Å². The van der Waals surface area contributed by atoms with Gasteiger partial charge >= 0.3 is 17.9 Å². The molecule has 0 bridgehead atoms. The molecule has 0 radical (unpaired) electrons. The molecule has 0 heterocycles. The average Bonchev–Trinajstić information content (AvgIpc) is 3.47. The lowest BCUT2D eigenvalue weighted by atomic mass is 10.0. The molecule has 6 nitrogen and oxygen atoms in total. The Labute approximate surface area is 509 Å². The summed E-state index contributed by atoms with van der Waals surface area (Å²) < 4.78 is 17.0. The van der Waals surface area contributed by atoms with E-state index in [0.717, 1.165) is 109 Å². The number of unbranched alkanes of at least 4 members (excludes halogenated alkanes) is 40. The van der Waals surface area contributed by atoms with Gasteiger partial charge < -0.3 is 14.2 Å². The molecule has 1 unspecified atom stereocenters. The Kier molecular flexibility index (Phi) is 67.2. The maximum absolute atomic E-state index is 13.0. The second-order valence-electron chi connectivity index (χ2n) is 23.8. The Morgan fingerprint density at radius 2 is 0.439 bits per heavy atom. The summed E-state index contributed by atoms with van der Waals surface area (Å²) in [5.41, 5.74) is 0. The molecule has 6 heteroatoms. The maximum atomic E-state index is 13.0. The molecule has 0 aliphatic heterocycles. The van der Waals surface area contributed by atoms with Gasteiger partial charge in [0.2, 0.25) is 0 Å². The van der Waals surface area contributed by atoms with Crippen molar-refractivity contribution in [2.24, 2.45) is 0 Å². The van der Waals surface area contributed by atoms with Crippen molar-refractivity contribution in [3.63, 3.8) is 0 Å². The number of allylic oxidation sites excluding steroid dienone is 14. The highest BCUT2D eigenvalue weighted by Crippen LogP contribution is 2.17. The van der Waals surface area contributed by atoms with Crippen molar-refractivity contribution in [3.8, 4) is 0 Å². The molecule has 0 aromatic rings. The Morgan fingerprint density at radius 1 is 0.244 bits per heavy atom. The Morgan fingerprint density at radius 3 is 0.695 bits per heavy atom. The van der Waals surface area contributed by atoms with Gasteiger partial charge in [-0.3, -0.25) is 14.4 Å². The zero-order valence-electron chi connectivity index (χ0n) is 54.5. The van der Waals surface area contributed by atoms with Crippen LogP contribution in [0.2, 0.25) is 0 Å². The van der Waals surface area contributed by atoms with E-state index in [1.54, 1.807) is 0 Å². The van der Waals surface area contributed by atoms with Crippen molar-refractivity contribution in [2.45, 2.75) is 367 Å². The summed E-state index contributed by atoms with van der Waals surface area (Å²) in [4.78, 5) is 38.5. The number of ether oxygens (including phenoxy) is 3. The first-order valence-electron chi connectivity index (χ1n) is 35.6. The summed E-state index contributed by atoms with van der Waals surface area (Å²) in [7, 11) is 0. The first kappa shape index (κ1) is 78.6. The third-order valence-corrected chi connectivity index (χ3v) is 15.6. The lowest BCUT2D eigenvalue weighted by molar-refractivity contribution is -0.167. The van der Waals surface area contributed by atoms with Gasteiger partial charge in [-0.25, -0.2) is 0 Å². The average molecular weight is 1140 g/mol. The molecule has 0 fully saturated rings. The van der Waals surface area contributed by atoms with Crippen LogP contribution in [0.15, 0.2) is 85.1 Å². The number of esters is 3. The van der Waals surface area contributed by atoms with E-state index < -0.39 is 6.10 Å². The monoisotopic (exact) mass is 1140 g/mol. The van der Waals surface area contributed by atoms with Crippen molar-refractivity contribution in [2.75, 3.05) is 13.2 Å². The lowest BCUT2D eigenvalue weighted by Crippen LogP contribution is -2.30. The minimum atomic E-state index is -0.792. The number of carbonyl (C=O) groups excluding carboxylic acids is 3. The molecule has 0 rings (SSSR count). The third kappa shape index (κ3) is 67.4. The maximum Gasteiger partial charge on any atom is 0.306 e. The summed E-state index contributed by atoms with van der Waals surface area (Å²) >= 11 is 0. The number of rotatable bonds is 65. The minimum Gasteiger partial charge on any atom is -0.462 e. The van der Waals surface area contributed by atoms with Crippen LogP contribution in [0.3, 0.4) is 0 Å². The molecule has 474 valence electrons. The first-order valence-corrected chi connectivity index (χ1v) is 35.6. The van der Waals surface area contributed by atoms with Gasteiger partial charge in [0.15, 0.2) is 6.10 Å². The highest BCUT2D eigenvalue weighted by Gasteiger charge is 2.19. The molecule has 0 aliphatic carbocycles. The second kappa shape index (κ2) is 70.1. The van der Waals surface area contributed by atoms with Crippen LogP contribution in [0.25, 0.3) is 0 Å². The zero-order chi connectivity index (χ0) is 59.2. The number of hydrogen-bond acceptors (Lipinski definition) is 6. The second-order valence-corrected chi connectivity index (χ2v) is 23.8. The van der Waals surface area contributed by atoms with Gasteiger partial charge in [-0.05, 0) is 122 Å². The fraction of sp³-hybridized carbons (Fsp3) is 0.776. The first-order chi connectivity index (χ1) is 40.5.